The van der Waals surface area contributed by atoms with Crippen molar-refractivity contribution >= 4 is 6.09 Å². The molecule has 1 aliphatic heterocycles. The van der Waals surface area contributed by atoms with Crippen molar-refractivity contribution < 1.29 is 38.2 Å². The first kappa shape index (κ1) is 31.7. The molecule has 11 heteroatoms. The quantitative estimate of drug-likeness (QED) is 0.320. The molecule has 0 saturated carbocycles. The Morgan fingerprint density at radius 2 is 1.92 bits per heavy atom. The molecular weight excluding hydrogens is 499 g/mol. The molecule has 1 fully saturated rings. The van der Waals surface area contributed by atoms with Crippen molar-refractivity contribution in [1.29, 1.82) is 0 Å². The van der Waals surface area contributed by atoms with Gasteiger partial charge in [0.15, 0.2) is 6.29 Å². The standard InChI is InChI=1S/C27H43FN2O8/c1-9-10-35-21-12-18(11-19(28)13-21)23(31)22(30(33)34)14-20-15-36-24(37-16-26(3,4)5)17(2)29(20)25(32)38-27(6,7)8/h11-13,17,20,22-24,31H,9-10,14-16H2,1-8H3/t17-,20+,22?,23?,24-/m0/s1. The minimum Gasteiger partial charge on any atom is -0.493 e. The number of rotatable bonds is 10. The zero-order valence-corrected chi connectivity index (χ0v) is 23.7. The number of ether oxygens (including phenoxy) is 4. The first-order valence-electron chi connectivity index (χ1n) is 13.0. The van der Waals surface area contributed by atoms with Crippen LogP contribution >= 0.6 is 0 Å². The fraction of sp³-hybridized carbons (Fsp3) is 0.741. The highest BCUT2D eigenvalue weighted by atomic mass is 19.1. The van der Waals surface area contributed by atoms with Gasteiger partial charge < -0.3 is 24.1 Å². The second-order valence-corrected chi connectivity index (χ2v) is 12.0. The molecule has 1 aliphatic rings. The van der Waals surface area contributed by atoms with Gasteiger partial charge in [-0.2, -0.15) is 0 Å². The van der Waals surface area contributed by atoms with Crippen LogP contribution in [0.4, 0.5) is 9.18 Å². The fourth-order valence-electron chi connectivity index (χ4n) is 4.11. The van der Waals surface area contributed by atoms with Crippen LogP contribution in [0.25, 0.3) is 0 Å². The van der Waals surface area contributed by atoms with Crippen LogP contribution in [0.2, 0.25) is 0 Å². The van der Waals surface area contributed by atoms with Gasteiger partial charge in [-0.15, -0.1) is 0 Å². The number of halogens is 1. The maximum absolute atomic E-state index is 14.3. The van der Waals surface area contributed by atoms with E-state index >= 15 is 0 Å². The summed E-state index contributed by atoms with van der Waals surface area (Å²) in [5.74, 6) is -0.509. The predicted octanol–water partition coefficient (Wildman–Crippen LogP) is 5.10. The number of nitro groups is 1. The van der Waals surface area contributed by atoms with E-state index in [2.05, 4.69) is 0 Å². The molecule has 0 aliphatic carbocycles. The molecule has 0 spiro atoms. The Labute approximate surface area is 224 Å². The minimum absolute atomic E-state index is 0.0118. The molecule has 1 heterocycles. The third-order valence-corrected chi connectivity index (χ3v) is 5.82. The SMILES string of the molecule is CCCOc1cc(F)cc(C(O)C(C[C@@H]2CO[C@@H](OCC(C)(C)C)[C@H](C)N2C(=O)OC(C)(C)C)[N+](=O)[O-])c1. The molecule has 0 aromatic heterocycles. The van der Waals surface area contributed by atoms with Crippen LogP contribution in [0.5, 0.6) is 5.75 Å². The van der Waals surface area contributed by atoms with Gasteiger partial charge in [-0.3, -0.25) is 15.0 Å². The molecule has 5 atom stereocenters. The molecule has 216 valence electrons. The smallest absolute Gasteiger partial charge is 0.411 e. The van der Waals surface area contributed by atoms with Crippen molar-refractivity contribution in [1.82, 2.24) is 4.90 Å². The summed E-state index contributed by atoms with van der Waals surface area (Å²) in [7, 11) is 0. The van der Waals surface area contributed by atoms with Gasteiger partial charge in [-0.1, -0.05) is 27.7 Å². The van der Waals surface area contributed by atoms with Crippen LogP contribution in [0.1, 0.15) is 79.9 Å². The highest BCUT2D eigenvalue weighted by Crippen LogP contribution is 2.32. The van der Waals surface area contributed by atoms with Crippen molar-refractivity contribution in [3.05, 3.63) is 39.7 Å². The summed E-state index contributed by atoms with van der Waals surface area (Å²) in [6.07, 6.45) is -2.66. The summed E-state index contributed by atoms with van der Waals surface area (Å²) >= 11 is 0. The Morgan fingerprint density at radius 3 is 2.47 bits per heavy atom. The lowest BCUT2D eigenvalue weighted by molar-refractivity contribution is -0.538. The minimum atomic E-state index is -1.66. The van der Waals surface area contributed by atoms with Crippen LogP contribution < -0.4 is 4.74 Å². The predicted molar refractivity (Wildman–Crippen MR) is 139 cm³/mol. The molecule has 0 bridgehead atoms. The maximum Gasteiger partial charge on any atom is 0.411 e. The van der Waals surface area contributed by atoms with E-state index in [0.717, 1.165) is 12.1 Å². The third-order valence-electron chi connectivity index (χ3n) is 5.82. The van der Waals surface area contributed by atoms with Gasteiger partial charge in [0.2, 0.25) is 6.04 Å². The van der Waals surface area contributed by atoms with E-state index < -0.39 is 53.0 Å². The number of carbonyl (C=O) groups is 1. The molecule has 2 rings (SSSR count). The van der Waals surface area contributed by atoms with Crippen LogP contribution in [0.3, 0.4) is 0 Å². The van der Waals surface area contributed by atoms with Gasteiger partial charge in [0.25, 0.3) is 0 Å². The second kappa shape index (κ2) is 13.0. The number of aliphatic hydroxyl groups is 1. The Balaban J connectivity index is 2.33. The number of benzene rings is 1. The summed E-state index contributed by atoms with van der Waals surface area (Å²) in [4.78, 5) is 26.1. The van der Waals surface area contributed by atoms with E-state index in [1.165, 1.54) is 11.0 Å². The molecule has 2 unspecified atom stereocenters. The van der Waals surface area contributed by atoms with Crippen LogP contribution in [-0.4, -0.2) is 70.9 Å². The fourth-order valence-corrected chi connectivity index (χ4v) is 4.11. The average molecular weight is 543 g/mol. The molecule has 1 N–H and O–H groups in total. The van der Waals surface area contributed by atoms with Crippen molar-refractivity contribution in [2.45, 2.75) is 104 Å². The Hall–Kier alpha value is -2.50. The van der Waals surface area contributed by atoms with Gasteiger partial charge in [0.05, 0.1) is 31.9 Å². The number of hydrogen-bond donors (Lipinski definition) is 1. The lowest BCUT2D eigenvalue weighted by atomic mass is 9.94. The summed E-state index contributed by atoms with van der Waals surface area (Å²) in [5.41, 5.74) is -0.944. The van der Waals surface area contributed by atoms with Gasteiger partial charge in [-0.05, 0) is 57.2 Å². The lowest BCUT2D eigenvalue weighted by Crippen LogP contribution is -2.60. The number of nitrogens with zero attached hydrogens (tertiary/aromatic N) is 2. The number of hydrogen-bond acceptors (Lipinski definition) is 8. The maximum atomic E-state index is 14.3. The first-order chi connectivity index (χ1) is 17.5. The molecule has 38 heavy (non-hydrogen) atoms. The topological polar surface area (TPSA) is 121 Å². The first-order valence-corrected chi connectivity index (χ1v) is 13.0. The summed E-state index contributed by atoms with van der Waals surface area (Å²) < 4.78 is 37.2. The Bertz CT molecular complexity index is 946. The van der Waals surface area contributed by atoms with E-state index in [0.29, 0.717) is 19.6 Å². The van der Waals surface area contributed by atoms with Gasteiger partial charge in [0, 0.05) is 17.4 Å². The Morgan fingerprint density at radius 1 is 1.26 bits per heavy atom. The average Bonchev–Trinajstić information content (AvgIpc) is 2.77. The normalized spacial score (nSPS) is 22.1. The van der Waals surface area contributed by atoms with Gasteiger partial charge in [0.1, 0.15) is 23.3 Å². The van der Waals surface area contributed by atoms with Crippen LogP contribution in [-0.2, 0) is 14.2 Å². The molecular formula is C27H43FN2O8. The summed E-state index contributed by atoms with van der Waals surface area (Å²) in [5, 5.41) is 23.1. The van der Waals surface area contributed by atoms with E-state index in [1.807, 2.05) is 27.7 Å². The highest BCUT2D eigenvalue weighted by molar-refractivity contribution is 5.69. The van der Waals surface area contributed by atoms with Crippen molar-refractivity contribution in [2.75, 3.05) is 19.8 Å². The van der Waals surface area contributed by atoms with Crippen molar-refractivity contribution in [2.24, 2.45) is 5.41 Å². The van der Waals surface area contributed by atoms with E-state index in [4.69, 9.17) is 18.9 Å². The van der Waals surface area contributed by atoms with Crippen LogP contribution in [0.15, 0.2) is 18.2 Å². The lowest BCUT2D eigenvalue weighted by Gasteiger charge is -2.45. The number of carbonyl (C=O) groups excluding carboxylic acids is 1. The van der Waals surface area contributed by atoms with Gasteiger partial charge >= 0.3 is 6.09 Å². The van der Waals surface area contributed by atoms with E-state index in [1.54, 1.807) is 27.7 Å². The largest absolute Gasteiger partial charge is 0.493 e. The molecule has 1 aromatic carbocycles. The third kappa shape index (κ3) is 9.36. The second-order valence-electron chi connectivity index (χ2n) is 12.0. The summed E-state index contributed by atoms with van der Waals surface area (Å²) in [6.45, 7) is 15.4. The van der Waals surface area contributed by atoms with E-state index in [9.17, 15) is 24.4 Å². The van der Waals surface area contributed by atoms with Crippen molar-refractivity contribution in [3.8, 4) is 5.75 Å². The number of morpholine rings is 1. The zero-order valence-electron chi connectivity index (χ0n) is 23.7. The van der Waals surface area contributed by atoms with E-state index in [-0.39, 0.29) is 29.8 Å². The molecule has 10 nitrogen and oxygen atoms in total. The van der Waals surface area contributed by atoms with Crippen molar-refractivity contribution in [3.63, 3.8) is 0 Å². The molecule has 0 radical (unpaired) electrons. The van der Waals surface area contributed by atoms with Gasteiger partial charge in [-0.25, -0.2) is 9.18 Å². The summed E-state index contributed by atoms with van der Waals surface area (Å²) in [6, 6.07) is 0.603. The number of aliphatic hydroxyl groups excluding tert-OH is 1. The zero-order chi connectivity index (χ0) is 28.8. The highest BCUT2D eigenvalue weighted by Gasteiger charge is 2.45. The van der Waals surface area contributed by atoms with Crippen LogP contribution in [0, 0.1) is 21.3 Å². The molecule has 1 saturated heterocycles. The monoisotopic (exact) mass is 542 g/mol. The molecule has 1 amide bonds. The molecule has 1 aromatic rings. The number of amides is 1. The Kier molecular flexibility index (Phi) is 10.9.